The van der Waals surface area contributed by atoms with Gasteiger partial charge in [-0.1, -0.05) is 57.9 Å². The van der Waals surface area contributed by atoms with Crippen molar-refractivity contribution < 1.29 is 38.1 Å². The highest BCUT2D eigenvalue weighted by Crippen LogP contribution is 2.59. The van der Waals surface area contributed by atoms with Gasteiger partial charge >= 0.3 is 6.09 Å². The third-order valence-electron chi connectivity index (χ3n) is 12.8. The number of carbonyl (C=O) groups is 2. The summed E-state index contributed by atoms with van der Waals surface area (Å²) in [6, 6.07) is 8.81. The molecule has 0 aromatic heterocycles. The highest BCUT2D eigenvalue weighted by atomic mass is 19.2. The number of methoxy groups -OCH3 is 1. The third kappa shape index (κ3) is 9.40. The molecule has 2 fully saturated rings. The summed E-state index contributed by atoms with van der Waals surface area (Å²) in [5.74, 6) is -1.76. The zero-order valence-electron chi connectivity index (χ0n) is 32.6. The molecule has 2 aromatic carbocycles. The molecule has 292 valence electrons. The Morgan fingerprint density at radius 2 is 1.81 bits per heavy atom. The predicted octanol–water partition coefficient (Wildman–Crippen LogP) is 9.17. The van der Waals surface area contributed by atoms with E-state index in [9.17, 15) is 28.6 Å². The van der Waals surface area contributed by atoms with Crippen molar-refractivity contribution in [2.75, 3.05) is 26.8 Å². The molecule has 2 saturated carbocycles. The lowest BCUT2D eigenvalue weighted by Crippen LogP contribution is -2.54. The fraction of sp³-hybridized carbons (Fsp3) is 0.636. The Morgan fingerprint density at radius 1 is 1.04 bits per heavy atom. The van der Waals surface area contributed by atoms with Gasteiger partial charge in [0, 0.05) is 36.8 Å². The molecule has 7 nitrogen and oxygen atoms in total. The molecule has 4 aliphatic rings. The molecule has 0 unspecified atom stereocenters. The van der Waals surface area contributed by atoms with Gasteiger partial charge in [0.05, 0.1) is 18.2 Å². The average Bonchev–Trinajstić information content (AvgIpc) is 3.36. The van der Waals surface area contributed by atoms with E-state index in [1.807, 2.05) is 12.1 Å². The minimum Gasteiger partial charge on any atom is -0.446 e. The van der Waals surface area contributed by atoms with E-state index in [1.54, 1.807) is 18.1 Å². The second-order valence-electron chi connectivity index (χ2n) is 16.9. The van der Waals surface area contributed by atoms with Gasteiger partial charge in [-0.3, -0.25) is 4.79 Å². The van der Waals surface area contributed by atoms with Crippen LogP contribution in [0.3, 0.4) is 0 Å². The van der Waals surface area contributed by atoms with Gasteiger partial charge in [0.1, 0.15) is 6.10 Å². The van der Waals surface area contributed by atoms with E-state index < -0.39 is 40.6 Å². The van der Waals surface area contributed by atoms with Crippen LogP contribution in [-0.2, 0) is 15.9 Å². The number of aliphatic hydroxyl groups is 2. The number of nitrogens with zero attached hydrogens (tertiary/aromatic N) is 1. The topological polar surface area (TPSA) is 96.3 Å². The first kappa shape index (κ1) is 41.0. The fourth-order valence-corrected chi connectivity index (χ4v) is 9.39. The Hall–Kier alpha value is -3.14. The van der Waals surface area contributed by atoms with Crippen molar-refractivity contribution in [2.45, 2.75) is 129 Å². The first-order chi connectivity index (χ1) is 25.2. The number of ether oxygens (including phenoxy) is 2. The summed E-state index contributed by atoms with van der Waals surface area (Å²) < 4.78 is 40.1. The summed E-state index contributed by atoms with van der Waals surface area (Å²) in [7, 11) is 1.63. The summed E-state index contributed by atoms with van der Waals surface area (Å²) in [5, 5.41) is 23.9. The highest BCUT2D eigenvalue weighted by Gasteiger charge is 2.58. The van der Waals surface area contributed by atoms with E-state index in [4.69, 9.17) is 9.47 Å². The van der Waals surface area contributed by atoms with E-state index in [0.717, 1.165) is 48.1 Å². The molecule has 4 aliphatic carbocycles. The largest absolute Gasteiger partial charge is 0.446 e. The summed E-state index contributed by atoms with van der Waals surface area (Å²) in [6.45, 7) is 11.6. The molecular weight excluding hydrogens is 676 g/mol. The lowest BCUT2D eigenvalue weighted by molar-refractivity contribution is -0.0868. The van der Waals surface area contributed by atoms with Crippen LogP contribution in [0.15, 0.2) is 48.0 Å². The summed E-state index contributed by atoms with van der Waals surface area (Å²) in [6.07, 6.45) is 8.25. The number of halogens is 2. The quantitative estimate of drug-likeness (QED) is 0.144. The highest BCUT2D eigenvalue weighted by molar-refractivity contribution is 6.10. The number of carbonyl (C=O) groups excluding carboxylic acids is 2. The van der Waals surface area contributed by atoms with Crippen molar-refractivity contribution in [1.82, 2.24) is 4.90 Å². The van der Waals surface area contributed by atoms with Gasteiger partial charge in [0.2, 0.25) is 0 Å². The van der Waals surface area contributed by atoms with Crippen LogP contribution in [0.4, 0.5) is 13.6 Å². The molecule has 0 spiro atoms. The van der Waals surface area contributed by atoms with Gasteiger partial charge in [0.25, 0.3) is 0 Å². The molecule has 0 aliphatic heterocycles. The van der Waals surface area contributed by atoms with Crippen LogP contribution in [-0.4, -0.2) is 71.6 Å². The Bertz CT molecular complexity index is 1630. The van der Waals surface area contributed by atoms with Gasteiger partial charge in [0.15, 0.2) is 17.4 Å². The zero-order valence-corrected chi connectivity index (χ0v) is 32.6. The van der Waals surface area contributed by atoms with Gasteiger partial charge in [-0.05, 0) is 130 Å². The molecule has 6 rings (SSSR count). The standard InChI is InChI=1S/C44H61F2NO6/c1-28(2)34-15-11-30(4)23-40(34)53-42(50)47(21-8-22-52-6)27-44(51)20-18-37-35-16-12-31(24-33(48)14-10-29(3)9-7-19-43(37,44)5)25-36(35)41(49)32-13-17-38(45)39(46)26-32/h9,12-13,16-17,25-26,28,30,33-34,37,40,48,51H,7-8,10-11,14-15,18-24,27H2,1-6H3/t30-,33-,34+,37-,40-,43-,44+/m0/s1. The van der Waals surface area contributed by atoms with Crippen molar-refractivity contribution in [2.24, 2.45) is 23.2 Å². The number of benzene rings is 2. The van der Waals surface area contributed by atoms with Gasteiger partial charge < -0.3 is 24.6 Å². The average molecular weight is 738 g/mol. The zero-order chi connectivity index (χ0) is 38.5. The predicted molar refractivity (Wildman–Crippen MR) is 203 cm³/mol. The van der Waals surface area contributed by atoms with Crippen molar-refractivity contribution >= 4 is 11.9 Å². The molecular formula is C44H61F2NO6. The van der Waals surface area contributed by atoms with Crippen LogP contribution in [0, 0.1) is 34.8 Å². The molecule has 9 heteroatoms. The lowest BCUT2D eigenvalue weighted by atomic mass is 9.64. The number of amides is 1. The second kappa shape index (κ2) is 17.5. The summed E-state index contributed by atoms with van der Waals surface area (Å²) in [4.78, 5) is 30.1. The number of ketones is 1. The molecule has 2 N–H and O–H groups in total. The monoisotopic (exact) mass is 737 g/mol. The van der Waals surface area contributed by atoms with Crippen LogP contribution in [0.2, 0.25) is 0 Å². The molecule has 53 heavy (non-hydrogen) atoms. The minimum absolute atomic E-state index is 0.0290. The van der Waals surface area contributed by atoms with Crippen LogP contribution < -0.4 is 0 Å². The summed E-state index contributed by atoms with van der Waals surface area (Å²) >= 11 is 0. The number of hydrogen-bond donors (Lipinski definition) is 2. The maximum absolute atomic E-state index is 14.4. The van der Waals surface area contributed by atoms with Crippen molar-refractivity contribution in [3.05, 3.63) is 81.9 Å². The Balaban J connectivity index is 1.54. The van der Waals surface area contributed by atoms with Crippen LogP contribution in [0.25, 0.3) is 0 Å². The van der Waals surface area contributed by atoms with Crippen LogP contribution in [0.5, 0.6) is 0 Å². The number of fused-ring (bicyclic) bond motifs is 8. The molecule has 0 heterocycles. The molecule has 2 bridgehead atoms. The van der Waals surface area contributed by atoms with E-state index in [-0.39, 0.29) is 30.0 Å². The molecule has 0 saturated heterocycles. The minimum atomic E-state index is -1.34. The van der Waals surface area contributed by atoms with Crippen molar-refractivity contribution in [1.29, 1.82) is 0 Å². The van der Waals surface area contributed by atoms with Gasteiger partial charge in [-0.15, -0.1) is 0 Å². The maximum Gasteiger partial charge on any atom is 0.410 e. The van der Waals surface area contributed by atoms with E-state index >= 15 is 0 Å². The summed E-state index contributed by atoms with van der Waals surface area (Å²) in [5.41, 5.74) is 0.906. The number of allylic oxidation sites excluding steroid dienone is 2. The molecule has 7 atom stereocenters. The molecule has 2 aromatic rings. The van der Waals surface area contributed by atoms with E-state index in [1.165, 1.54) is 6.07 Å². The van der Waals surface area contributed by atoms with Crippen LogP contribution >= 0.6 is 0 Å². The Kier molecular flexibility index (Phi) is 13.6. The normalized spacial score (nSPS) is 29.3. The Labute approximate surface area is 315 Å². The first-order valence-electron chi connectivity index (χ1n) is 19.8. The number of hydrogen-bond acceptors (Lipinski definition) is 6. The smallest absolute Gasteiger partial charge is 0.410 e. The lowest BCUT2D eigenvalue weighted by Gasteiger charge is -2.46. The maximum atomic E-state index is 14.4. The van der Waals surface area contributed by atoms with Crippen molar-refractivity contribution in [3.8, 4) is 0 Å². The number of aliphatic hydroxyl groups excluding tert-OH is 1. The number of rotatable bonds is 10. The SMILES string of the molecule is COCCCN(C[C@]1(O)CC[C@H]2c3ccc(cc3C(=O)c3ccc(F)c(F)c3)C[C@@H](O)CCC(C)=CCC[C@@]21C)C(=O)O[C@H]1C[C@@H](C)CC[C@@H]1C(C)C. The van der Waals surface area contributed by atoms with Crippen molar-refractivity contribution in [3.63, 3.8) is 0 Å². The van der Waals surface area contributed by atoms with Gasteiger partial charge in [-0.2, -0.15) is 0 Å². The second-order valence-corrected chi connectivity index (χ2v) is 16.9. The first-order valence-corrected chi connectivity index (χ1v) is 19.8. The fourth-order valence-electron chi connectivity index (χ4n) is 9.39. The Morgan fingerprint density at radius 3 is 2.53 bits per heavy atom. The van der Waals surface area contributed by atoms with Crippen LogP contribution in [0.1, 0.15) is 132 Å². The van der Waals surface area contributed by atoms with Gasteiger partial charge in [-0.25, -0.2) is 13.6 Å². The van der Waals surface area contributed by atoms with E-state index in [2.05, 4.69) is 40.7 Å². The third-order valence-corrected chi connectivity index (χ3v) is 12.8. The molecule has 0 radical (unpaired) electrons. The molecule has 1 amide bonds. The van der Waals surface area contributed by atoms with E-state index in [0.29, 0.717) is 81.9 Å².